The van der Waals surface area contributed by atoms with Crippen LogP contribution in [0.3, 0.4) is 0 Å². The molecule has 2 aromatic heterocycles. The van der Waals surface area contributed by atoms with E-state index in [0.29, 0.717) is 32.0 Å². The molecule has 10 nitrogen and oxygen atoms in total. The van der Waals surface area contributed by atoms with Crippen LogP contribution >= 0.6 is 0 Å². The van der Waals surface area contributed by atoms with Crippen LogP contribution in [0.2, 0.25) is 0 Å². The first-order valence-corrected chi connectivity index (χ1v) is 7.72. The third-order valence-electron chi connectivity index (χ3n) is 3.48. The molecule has 0 atom stereocenters. The van der Waals surface area contributed by atoms with Gasteiger partial charge >= 0.3 is 6.09 Å². The van der Waals surface area contributed by atoms with Crippen LogP contribution in [-0.2, 0) is 4.74 Å². The number of aromatic nitrogens is 6. The maximum absolute atomic E-state index is 12.1. The smallest absolute Gasteiger partial charge is 0.410 e. The topological polar surface area (TPSA) is 102 Å². The van der Waals surface area contributed by atoms with Crippen LogP contribution in [0.1, 0.15) is 20.8 Å². The molecule has 1 aliphatic heterocycles. The number of nitrogens with zero attached hydrogens (tertiary/aromatic N) is 8. The normalized spacial score (nSPS) is 15.5. The van der Waals surface area contributed by atoms with Crippen LogP contribution in [-0.4, -0.2) is 73.2 Å². The van der Waals surface area contributed by atoms with Gasteiger partial charge in [-0.25, -0.2) is 4.79 Å². The average Bonchev–Trinajstić information content (AvgIpc) is 3.08. The van der Waals surface area contributed by atoms with Gasteiger partial charge in [0.05, 0.1) is 0 Å². The predicted molar refractivity (Wildman–Crippen MR) is 84.8 cm³/mol. The largest absolute Gasteiger partial charge is 0.444 e. The molecule has 1 amide bonds. The van der Waals surface area contributed by atoms with Crippen molar-refractivity contribution in [1.29, 1.82) is 0 Å². The number of piperazine rings is 1. The quantitative estimate of drug-likeness (QED) is 0.784. The summed E-state index contributed by atoms with van der Waals surface area (Å²) in [5.41, 5.74) is -0.480. The molecule has 0 aromatic carbocycles. The number of tetrazole rings is 1. The molecule has 0 saturated carbocycles. The standard InChI is InChI=1S/C14H20N8O2/c1-14(2,3)24-13(23)21-8-6-20(7-9-21)11-4-5-12(17-16-11)22-10-15-18-19-22/h4-5,10H,6-9H2,1-3H3. The summed E-state index contributed by atoms with van der Waals surface area (Å²) >= 11 is 0. The predicted octanol–water partition coefficient (Wildman–Crippen LogP) is 0.509. The summed E-state index contributed by atoms with van der Waals surface area (Å²) in [4.78, 5) is 15.9. The highest BCUT2D eigenvalue weighted by atomic mass is 16.6. The number of amides is 1. The van der Waals surface area contributed by atoms with Gasteiger partial charge in [-0.2, -0.15) is 4.68 Å². The Bertz CT molecular complexity index is 672. The molecule has 10 heteroatoms. The highest BCUT2D eigenvalue weighted by molar-refractivity contribution is 5.68. The molecule has 128 valence electrons. The minimum Gasteiger partial charge on any atom is -0.444 e. The number of carbonyl (C=O) groups is 1. The van der Waals surface area contributed by atoms with Gasteiger partial charge < -0.3 is 14.5 Å². The highest BCUT2D eigenvalue weighted by Crippen LogP contribution is 2.16. The van der Waals surface area contributed by atoms with Crippen molar-refractivity contribution in [1.82, 2.24) is 35.3 Å². The van der Waals surface area contributed by atoms with E-state index in [9.17, 15) is 4.79 Å². The molecule has 0 unspecified atom stereocenters. The Morgan fingerprint density at radius 1 is 1.08 bits per heavy atom. The first kappa shape index (κ1) is 16.1. The molecule has 1 fully saturated rings. The Hall–Kier alpha value is -2.78. The van der Waals surface area contributed by atoms with Crippen molar-refractivity contribution in [3.8, 4) is 5.82 Å². The Morgan fingerprint density at radius 2 is 1.75 bits per heavy atom. The summed E-state index contributed by atoms with van der Waals surface area (Å²) in [6.07, 6.45) is 1.19. The third-order valence-corrected chi connectivity index (χ3v) is 3.48. The summed E-state index contributed by atoms with van der Waals surface area (Å²) in [7, 11) is 0. The van der Waals surface area contributed by atoms with E-state index < -0.39 is 5.60 Å². The van der Waals surface area contributed by atoms with Crippen molar-refractivity contribution in [3.05, 3.63) is 18.5 Å². The number of ether oxygens (including phenoxy) is 1. The van der Waals surface area contributed by atoms with Gasteiger partial charge in [0.25, 0.3) is 0 Å². The van der Waals surface area contributed by atoms with Gasteiger partial charge in [-0.3, -0.25) is 0 Å². The molecule has 3 heterocycles. The van der Waals surface area contributed by atoms with Gasteiger partial charge in [0, 0.05) is 26.2 Å². The maximum atomic E-state index is 12.1. The first-order chi connectivity index (χ1) is 11.4. The molecular formula is C14H20N8O2. The average molecular weight is 332 g/mol. The minimum atomic E-state index is -0.480. The van der Waals surface area contributed by atoms with Crippen LogP contribution in [0.15, 0.2) is 18.5 Å². The van der Waals surface area contributed by atoms with Gasteiger partial charge in [0.2, 0.25) is 0 Å². The van der Waals surface area contributed by atoms with Gasteiger partial charge in [-0.1, -0.05) is 0 Å². The summed E-state index contributed by atoms with van der Waals surface area (Å²) in [5, 5.41) is 19.2. The molecule has 0 aliphatic carbocycles. The lowest BCUT2D eigenvalue weighted by atomic mass is 10.2. The van der Waals surface area contributed by atoms with Gasteiger partial charge in [0.1, 0.15) is 11.9 Å². The SMILES string of the molecule is CC(C)(C)OC(=O)N1CCN(c2ccc(-n3cnnn3)nn2)CC1. The second kappa shape index (κ2) is 6.38. The van der Waals surface area contributed by atoms with Gasteiger partial charge in [-0.05, 0) is 43.3 Å². The third kappa shape index (κ3) is 3.76. The van der Waals surface area contributed by atoms with E-state index in [2.05, 4.69) is 30.6 Å². The van der Waals surface area contributed by atoms with Gasteiger partial charge in [-0.15, -0.1) is 15.3 Å². The molecule has 0 spiro atoms. The molecule has 3 rings (SSSR count). The van der Waals surface area contributed by atoms with Crippen LogP contribution in [0.5, 0.6) is 0 Å². The zero-order valence-electron chi connectivity index (χ0n) is 14.0. The molecule has 1 aliphatic rings. The Kier molecular flexibility index (Phi) is 4.28. The lowest BCUT2D eigenvalue weighted by Gasteiger charge is -2.35. The fraction of sp³-hybridized carbons (Fsp3) is 0.571. The van der Waals surface area contributed by atoms with Crippen molar-refractivity contribution in [2.45, 2.75) is 26.4 Å². The molecular weight excluding hydrogens is 312 g/mol. The fourth-order valence-corrected chi connectivity index (χ4v) is 2.32. The Balaban J connectivity index is 1.58. The molecule has 2 aromatic rings. The number of anilines is 1. The van der Waals surface area contributed by atoms with E-state index in [1.54, 1.807) is 11.0 Å². The van der Waals surface area contributed by atoms with E-state index in [-0.39, 0.29) is 6.09 Å². The number of rotatable bonds is 2. The van der Waals surface area contributed by atoms with Gasteiger partial charge in [0.15, 0.2) is 11.6 Å². The zero-order valence-corrected chi connectivity index (χ0v) is 14.0. The van der Waals surface area contributed by atoms with Crippen LogP contribution < -0.4 is 4.90 Å². The second-order valence-corrected chi connectivity index (χ2v) is 6.46. The molecule has 0 bridgehead atoms. The summed E-state index contributed by atoms with van der Waals surface area (Å²) in [6.45, 7) is 8.13. The summed E-state index contributed by atoms with van der Waals surface area (Å²) < 4.78 is 6.84. The lowest BCUT2D eigenvalue weighted by Crippen LogP contribution is -2.50. The van der Waals surface area contributed by atoms with Crippen molar-refractivity contribution >= 4 is 11.9 Å². The van der Waals surface area contributed by atoms with Crippen LogP contribution in [0.25, 0.3) is 5.82 Å². The van der Waals surface area contributed by atoms with Crippen molar-refractivity contribution in [3.63, 3.8) is 0 Å². The van der Waals surface area contributed by atoms with E-state index in [0.717, 1.165) is 5.82 Å². The molecule has 0 N–H and O–H groups in total. The van der Waals surface area contributed by atoms with Crippen molar-refractivity contribution < 1.29 is 9.53 Å². The molecule has 0 radical (unpaired) electrons. The van der Waals surface area contributed by atoms with E-state index in [4.69, 9.17) is 4.74 Å². The molecule has 24 heavy (non-hydrogen) atoms. The lowest BCUT2D eigenvalue weighted by molar-refractivity contribution is 0.0240. The van der Waals surface area contributed by atoms with E-state index in [1.165, 1.54) is 11.0 Å². The van der Waals surface area contributed by atoms with Crippen molar-refractivity contribution in [2.24, 2.45) is 0 Å². The van der Waals surface area contributed by atoms with Crippen molar-refractivity contribution in [2.75, 3.05) is 31.1 Å². The summed E-state index contributed by atoms with van der Waals surface area (Å²) in [5.74, 6) is 1.31. The maximum Gasteiger partial charge on any atom is 0.410 e. The number of hydrogen-bond donors (Lipinski definition) is 0. The number of carbonyl (C=O) groups excluding carboxylic acids is 1. The monoisotopic (exact) mass is 332 g/mol. The Labute approximate surface area is 139 Å². The summed E-state index contributed by atoms with van der Waals surface area (Å²) in [6, 6.07) is 3.67. The fourth-order valence-electron chi connectivity index (χ4n) is 2.32. The van der Waals surface area contributed by atoms with Crippen LogP contribution in [0, 0.1) is 0 Å². The van der Waals surface area contributed by atoms with E-state index in [1.807, 2.05) is 26.8 Å². The zero-order chi connectivity index (χ0) is 17.2. The van der Waals surface area contributed by atoms with Crippen LogP contribution in [0.4, 0.5) is 10.6 Å². The number of hydrogen-bond acceptors (Lipinski definition) is 8. The first-order valence-electron chi connectivity index (χ1n) is 7.72. The Morgan fingerprint density at radius 3 is 2.29 bits per heavy atom. The minimum absolute atomic E-state index is 0.276. The highest BCUT2D eigenvalue weighted by Gasteiger charge is 2.26. The van der Waals surface area contributed by atoms with E-state index >= 15 is 0 Å². The second-order valence-electron chi connectivity index (χ2n) is 6.46. The molecule has 1 saturated heterocycles.